The third kappa shape index (κ3) is 10.9. The number of hydrogen-bond acceptors (Lipinski definition) is 9. The summed E-state index contributed by atoms with van der Waals surface area (Å²) in [6.07, 6.45) is 0. The number of aromatic hydroxyl groups is 3. The van der Waals surface area contributed by atoms with Crippen LogP contribution in [0.25, 0.3) is 0 Å². The van der Waals surface area contributed by atoms with Gasteiger partial charge in [0, 0.05) is 115 Å². The lowest BCUT2D eigenvalue weighted by atomic mass is 10.1. The van der Waals surface area contributed by atoms with Gasteiger partial charge in [-0.25, -0.2) is 0 Å². The van der Waals surface area contributed by atoms with Gasteiger partial charge in [0.05, 0.1) is 0 Å². The van der Waals surface area contributed by atoms with E-state index in [9.17, 15) is 15.3 Å². The highest BCUT2D eigenvalue weighted by atomic mass is 16.3. The summed E-state index contributed by atoms with van der Waals surface area (Å²) in [6.45, 7) is 12.4. The maximum Gasteiger partial charge on any atom is 0.120 e. The molecule has 3 aromatic rings. The topological polar surface area (TPSA) is 106 Å². The number of nitrogens with one attached hydrogen (secondary N) is 3. The molecular formula is C33H48N6O3. The molecule has 1 fully saturated rings. The van der Waals surface area contributed by atoms with Gasteiger partial charge in [0.2, 0.25) is 0 Å². The number of nitrogens with zero attached hydrogens (tertiary/aromatic N) is 3. The molecule has 9 heteroatoms. The molecule has 4 rings (SSSR count). The van der Waals surface area contributed by atoms with E-state index < -0.39 is 0 Å². The Morgan fingerprint density at radius 2 is 0.690 bits per heavy atom. The van der Waals surface area contributed by atoms with Gasteiger partial charge in [-0.1, -0.05) is 54.6 Å². The summed E-state index contributed by atoms with van der Waals surface area (Å²) in [4.78, 5) is 7.16. The van der Waals surface area contributed by atoms with E-state index >= 15 is 0 Å². The Hall–Kier alpha value is -3.18. The van der Waals surface area contributed by atoms with Crippen molar-refractivity contribution in [3.63, 3.8) is 0 Å². The third-order valence-electron chi connectivity index (χ3n) is 7.79. The molecule has 42 heavy (non-hydrogen) atoms. The first-order valence-corrected chi connectivity index (χ1v) is 15.2. The Bertz CT molecular complexity index is 1200. The van der Waals surface area contributed by atoms with E-state index in [1.807, 2.05) is 54.6 Å². The number of phenols is 3. The van der Waals surface area contributed by atoms with Gasteiger partial charge in [-0.2, -0.15) is 0 Å². The fraction of sp³-hybridized carbons (Fsp3) is 0.455. The molecular weight excluding hydrogens is 528 g/mol. The molecule has 1 aliphatic heterocycles. The Morgan fingerprint density at radius 1 is 0.405 bits per heavy atom. The van der Waals surface area contributed by atoms with Crippen LogP contribution < -0.4 is 16.0 Å². The molecule has 0 bridgehead atoms. The first-order valence-electron chi connectivity index (χ1n) is 15.2. The normalized spacial score (nSPS) is 18.3. The van der Waals surface area contributed by atoms with E-state index in [-0.39, 0.29) is 0 Å². The predicted octanol–water partition coefficient (Wildman–Crippen LogP) is 2.39. The minimum absolute atomic E-state index is 0.327. The van der Waals surface area contributed by atoms with Crippen molar-refractivity contribution in [2.45, 2.75) is 19.6 Å². The molecule has 0 aromatic heterocycles. The van der Waals surface area contributed by atoms with Gasteiger partial charge in [-0.05, 0) is 18.2 Å². The molecule has 9 nitrogen and oxygen atoms in total. The minimum Gasteiger partial charge on any atom is -0.508 e. The monoisotopic (exact) mass is 576 g/mol. The molecule has 228 valence electrons. The van der Waals surface area contributed by atoms with Crippen LogP contribution in [0.2, 0.25) is 0 Å². The van der Waals surface area contributed by atoms with E-state index in [0.717, 1.165) is 95.2 Å². The lowest BCUT2D eigenvalue weighted by Crippen LogP contribution is -2.43. The number of phenolic OH excluding ortho intramolecular Hbond substituents is 3. The van der Waals surface area contributed by atoms with E-state index in [4.69, 9.17) is 0 Å². The van der Waals surface area contributed by atoms with Crippen LogP contribution in [0.3, 0.4) is 0 Å². The first kappa shape index (κ1) is 31.7. The zero-order valence-corrected chi connectivity index (χ0v) is 24.7. The van der Waals surface area contributed by atoms with Gasteiger partial charge in [0.1, 0.15) is 17.2 Å². The molecule has 3 aromatic carbocycles. The Morgan fingerprint density at radius 3 is 1.02 bits per heavy atom. The highest BCUT2D eigenvalue weighted by Crippen LogP contribution is 2.20. The lowest BCUT2D eigenvalue weighted by Gasteiger charge is -2.29. The van der Waals surface area contributed by atoms with Crippen LogP contribution in [0, 0.1) is 0 Å². The molecule has 6 N–H and O–H groups in total. The lowest BCUT2D eigenvalue weighted by molar-refractivity contribution is 0.189. The molecule has 0 amide bonds. The number of benzene rings is 3. The van der Waals surface area contributed by atoms with E-state index in [0.29, 0.717) is 36.9 Å². The molecule has 1 aliphatic rings. The van der Waals surface area contributed by atoms with Gasteiger partial charge in [-0.15, -0.1) is 0 Å². The summed E-state index contributed by atoms with van der Waals surface area (Å²) in [7, 11) is 0. The molecule has 0 atom stereocenters. The molecule has 0 aliphatic carbocycles. The van der Waals surface area contributed by atoms with Crippen molar-refractivity contribution in [3.8, 4) is 17.2 Å². The van der Waals surface area contributed by atoms with E-state index in [1.165, 1.54) is 0 Å². The summed E-state index contributed by atoms with van der Waals surface area (Å²) in [5.41, 5.74) is 2.81. The second-order valence-corrected chi connectivity index (χ2v) is 11.0. The minimum atomic E-state index is 0.327. The number of para-hydroxylation sites is 3. The van der Waals surface area contributed by atoms with Gasteiger partial charge >= 0.3 is 0 Å². The van der Waals surface area contributed by atoms with Gasteiger partial charge in [0.15, 0.2) is 0 Å². The average Bonchev–Trinajstić information content (AvgIpc) is 2.99. The average molecular weight is 577 g/mol. The number of rotatable bonds is 6. The van der Waals surface area contributed by atoms with Crippen LogP contribution in [0.5, 0.6) is 17.2 Å². The van der Waals surface area contributed by atoms with Crippen molar-refractivity contribution in [3.05, 3.63) is 89.5 Å². The summed E-state index contributed by atoms with van der Waals surface area (Å²) >= 11 is 0. The van der Waals surface area contributed by atoms with Crippen LogP contribution in [0.4, 0.5) is 0 Å². The van der Waals surface area contributed by atoms with Crippen molar-refractivity contribution < 1.29 is 15.3 Å². The van der Waals surface area contributed by atoms with Crippen molar-refractivity contribution in [1.29, 1.82) is 0 Å². The van der Waals surface area contributed by atoms with Crippen LogP contribution in [-0.4, -0.2) is 109 Å². The zero-order valence-electron chi connectivity index (χ0n) is 24.7. The summed E-state index contributed by atoms with van der Waals surface area (Å²) in [5.74, 6) is 1.01. The predicted molar refractivity (Wildman–Crippen MR) is 169 cm³/mol. The van der Waals surface area contributed by atoms with Crippen LogP contribution in [0.1, 0.15) is 16.7 Å². The fourth-order valence-corrected chi connectivity index (χ4v) is 5.25. The first-order chi connectivity index (χ1) is 20.6. The Labute approximate surface area is 250 Å². The highest BCUT2D eigenvalue weighted by Gasteiger charge is 2.14. The smallest absolute Gasteiger partial charge is 0.120 e. The standard InChI is InChI=1S/C33H48N6O3/c40-31-10-4-1-7-28(31)25-37-19-15-34-13-14-35-16-21-38(26-29-8-2-5-11-32(29)41)23-24-39(22-18-36-17-20-37)27-30-9-3-6-12-33(30)42/h1-12,34-36,40-42H,13-27H2. The summed E-state index contributed by atoms with van der Waals surface area (Å²) in [5, 5.41) is 41.9. The number of hydrogen-bond donors (Lipinski definition) is 6. The van der Waals surface area contributed by atoms with Crippen molar-refractivity contribution in [2.75, 3.05) is 78.5 Å². The van der Waals surface area contributed by atoms with E-state index in [2.05, 4.69) is 30.7 Å². The summed E-state index contributed by atoms with van der Waals surface area (Å²) < 4.78 is 0. The SMILES string of the molecule is Oc1ccccc1CN1CCNCCNCCN(Cc2ccccc2O)CCN(Cc2ccccc2O)CCNCC1. The van der Waals surface area contributed by atoms with Crippen LogP contribution in [0.15, 0.2) is 72.8 Å². The van der Waals surface area contributed by atoms with Gasteiger partial charge in [-0.3, -0.25) is 14.7 Å². The van der Waals surface area contributed by atoms with Gasteiger partial charge < -0.3 is 31.3 Å². The second-order valence-electron chi connectivity index (χ2n) is 11.0. The van der Waals surface area contributed by atoms with E-state index in [1.54, 1.807) is 18.2 Å². The largest absolute Gasteiger partial charge is 0.508 e. The quantitative estimate of drug-likeness (QED) is 0.264. The van der Waals surface area contributed by atoms with Crippen LogP contribution in [-0.2, 0) is 19.6 Å². The molecule has 0 unspecified atom stereocenters. The molecule has 1 heterocycles. The van der Waals surface area contributed by atoms with Crippen molar-refractivity contribution in [2.24, 2.45) is 0 Å². The third-order valence-corrected chi connectivity index (χ3v) is 7.79. The second kappa shape index (κ2) is 17.7. The molecule has 0 saturated carbocycles. The highest BCUT2D eigenvalue weighted by molar-refractivity contribution is 5.33. The van der Waals surface area contributed by atoms with Crippen LogP contribution >= 0.6 is 0 Å². The van der Waals surface area contributed by atoms with Crippen molar-refractivity contribution >= 4 is 0 Å². The maximum atomic E-state index is 10.5. The van der Waals surface area contributed by atoms with Gasteiger partial charge in [0.25, 0.3) is 0 Å². The fourth-order valence-electron chi connectivity index (χ4n) is 5.25. The molecule has 0 radical (unpaired) electrons. The Balaban J connectivity index is 1.40. The maximum absolute atomic E-state index is 10.5. The van der Waals surface area contributed by atoms with Crippen molar-refractivity contribution in [1.82, 2.24) is 30.7 Å². The molecule has 1 saturated heterocycles. The zero-order chi connectivity index (χ0) is 29.4. The Kier molecular flexibility index (Phi) is 13.4. The summed E-state index contributed by atoms with van der Waals surface area (Å²) in [6, 6.07) is 22.7. The molecule has 0 spiro atoms.